The summed E-state index contributed by atoms with van der Waals surface area (Å²) in [6.07, 6.45) is 0. The van der Waals surface area contributed by atoms with Gasteiger partial charge in [-0.2, -0.15) is 0 Å². The third-order valence-corrected chi connectivity index (χ3v) is 3.39. The second-order valence-electron chi connectivity index (χ2n) is 5.59. The third-order valence-electron chi connectivity index (χ3n) is 3.39. The van der Waals surface area contributed by atoms with Crippen molar-refractivity contribution >= 4 is 17.5 Å². The van der Waals surface area contributed by atoms with Crippen molar-refractivity contribution in [2.24, 2.45) is 0 Å². The first-order valence-electron chi connectivity index (χ1n) is 7.07. The Hall–Kier alpha value is -1.88. The van der Waals surface area contributed by atoms with Crippen LogP contribution in [0.25, 0.3) is 0 Å². The van der Waals surface area contributed by atoms with Gasteiger partial charge in [0.05, 0.1) is 6.54 Å². The first-order chi connectivity index (χ1) is 9.79. The maximum atomic E-state index is 12.0. The number of nitrogens with zero attached hydrogens (tertiary/aromatic N) is 2. The quantitative estimate of drug-likeness (QED) is 0.867. The second-order valence-corrected chi connectivity index (χ2v) is 5.59. The standard InChI is InChI=1S/C16H25N3O2/c1-12-6-7-15(10-13(12)2)17-16(21)11-19(14(3)20)9-8-18(4)5/h6-7,10H,8-9,11H2,1-5H3,(H,17,21). The first-order valence-corrected chi connectivity index (χ1v) is 7.07. The van der Waals surface area contributed by atoms with Crippen LogP contribution in [0.1, 0.15) is 18.1 Å². The maximum Gasteiger partial charge on any atom is 0.243 e. The van der Waals surface area contributed by atoms with E-state index in [-0.39, 0.29) is 18.4 Å². The van der Waals surface area contributed by atoms with E-state index in [0.717, 1.165) is 17.8 Å². The number of carbonyl (C=O) groups excluding carboxylic acids is 2. The van der Waals surface area contributed by atoms with Gasteiger partial charge in [-0.1, -0.05) is 6.07 Å². The molecule has 0 saturated carbocycles. The van der Waals surface area contributed by atoms with E-state index in [1.807, 2.05) is 51.0 Å². The molecule has 0 saturated heterocycles. The molecule has 0 aliphatic carbocycles. The molecule has 1 N–H and O–H groups in total. The summed E-state index contributed by atoms with van der Waals surface area (Å²) in [7, 11) is 3.88. The maximum absolute atomic E-state index is 12.0. The van der Waals surface area contributed by atoms with Gasteiger partial charge in [0.1, 0.15) is 0 Å². The van der Waals surface area contributed by atoms with E-state index in [0.29, 0.717) is 6.54 Å². The van der Waals surface area contributed by atoms with Crippen molar-refractivity contribution in [2.45, 2.75) is 20.8 Å². The Morgan fingerprint density at radius 2 is 1.76 bits per heavy atom. The summed E-state index contributed by atoms with van der Waals surface area (Å²) in [4.78, 5) is 27.2. The molecule has 5 heteroatoms. The smallest absolute Gasteiger partial charge is 0.243 e. The summed E-state index contributed by atoms with van der Waals surface area (Å²) < 4.78 is 0. The van der Waals surface area contributed by atoms with Crippen LogP contribution in [0, 0.1) is 13.8 Å². The molecule has 0 spiro atoms. The normalized spacial score (nSPS) is 10.6. The lowest BCUT2D eigenvalue weighted by molar-refractivity contribution is -0.132. The first kappa shape index (κ1) is 17.2. The molecule has 0 aromatic heterocycles. The van der Waals surface area contributed by atoms with Crippen LogP contribution in [0.15, 0.2) is 18.2 Å². The molecule has 0 heterocycles. The van der Waals surface area contributed by atoms with E-state index in [1.165, 1.54) is 12.5 Å². The van der Waals surface area contributed by atoms with Crippen molar-refractivity contribution in [1.29, 1.82) is 0 Å². The molecular weight excluding hydrogens is 266 g/mol. The van der Waals surface area contributed by atoms with Crippen LogP contribution < -0.4 is 5.32 Å². The van der Waals surface area contributed by atoms with Gasteiger partial charge in [-0.05, 0) is 51.2 Å². The number of anilines is 1. The molecule has 0 radical (unpaired) electrons. The molecule has 21 heavy (non-hydrogen) atoms. The number of likely N-dealkylation sites (N-methyl/N-ethyl adjacent to an activating group) is 1. The van der Waals surface area contributed by atoms with Gasteiger partial charge in [0.15, 0.2) is 0 Å². The average molecular weight is 291 g/mol. The topological polar surface area (TPSA) is 52.7 Å². The van der Waals surface area contributed by atoms with E-state index < -0.39 is 0 Å². The predicted octanol–water partition coefficient (Wildman–Crippen LogP) is 1.65. The molecule has 0 atom stereocenters. The zero-order valence-corrected chi connectivity index (χ0v) is 13.6. The number of aryl methyl sites for hydroxylation is 2. The minimum Gasteiger partial charge on any atom is -0.332 e. The van der Waals surface area contributed by atoms with Gasteiger partial charge in [0.25, 0.3) is 0 Å². The minimum absolute atomic E-state index is 0.0795. The summed E-state index contributed by atoms with van der Waals surface area (Å²) in [5, 5.41) is 2.84. The fourth-order valence-electron chi connectivity index (χ4n) is 1.86. The fraction of sp³-hybridized carbons (Fsp3) is 0.500. The molecule has 0 fully saturated rings. The third kappa shape index (κ3) is 5.95. The van der Waals surface area contributed by atoms with Gasteiger partial charge >= 0.3 is 0 Å². The van der Waals surface area contributed by atoms with Crippen LogP contribution in [0.2, 0.25) is 0 Å². The van der Waals surface area contributed by atoms with Gasteiger partial charge in [-0.25, -0.2) is 0 Å². The number of amides is 2. The van der Waals surface area contributed by atoms with E-state index in [1.54, 1.807) is 4.90 Å². The summed E-state index contributed by atoms with van der Waals surface area (Å²) in [5.41, 5.74) is 3.08. The van der Waals surface area contributed by atoms with Crippen LogP contribution in [0.4, 0.5) is 5.69 Å². The Morgan fingerprint density at radius 1 is 1.10 bits per heavy atom. The van der Waals surface area contributed by atoms with Crippen LogP contribution in [0.3, 0.4) is 0 Å². The molecule has 2 amide bonds. The average Bonchev–Trinajstić information content (AvgIpc) is 2.38. The zero-order chi connectivity index (χ0) is 16.0. The number of hydrogen-bond donors (Lipinski definition) is 1. The Labute approximate surface area is 126 Å². The molecule has 1 aromatic carbocycles. The van der Waals surface area contributed by atoms with Crippen molar-refractivity contribution < 1.29 is 9.59 Å². The van der Waals surface area contributed by atoms with E-state index >= 15 is 0 Å². The van der Waals surface area contributed by atoms with Crippen molar-refractivity contribution in [1.82, 2.24) is 9.80 Å². The summed E-state index contributed by atoms with van der Waals surface area (Å²) in [5.74, 6) is -0.265. The highest BCUT2D eigenvalue weighted by atomic mass is 16.2. The van der Waals surface area contributed by atoms with Crippen LogP contribution in [-0.4, -0.2) is 55.3 Å². The number of rotatable bonds is 6. The van der Waals surface area contributed by atoms with E-state index in [4.69, 9.17) is 0 Å². The predicted molar refractivity (Wildman–Crippen MR) is 85.4 cm³/mol. The molecule has 5 nitrogen and oxygen atoms in total. The Morgan fingerprint density at radius 3 is 2.29 bits per heavy atom. The van der Waals surface area contributed by atoms with Crippen molar-refractivity contribution in [2.75, 3.05) is 39.0 Å². The molecule has 0 aliphatic heterocycles. The highest BCUT2D eigenvalue weighted by molar-refractivity contribution is 5.94. The molecule has 0 unspecified atom stereocenters. The number of benzene rings is 1. The van der Waals surface area contributed by atoms with Gasteiger partial charge in [0, 0.05) is 25.7 Å². The lowest BCUT2D eigenvalue weighted by Gasteiger charge is -2.22. The van der Waals surface area contributed by atoms with Crippen LogP contribution in [0.5, 0.6) is 0 Å². The Kier molecular flexibility index (Phi) is 6.37. The summed E-state index contributed by atoms with van der Waals surface area (Å²) in [6.45, 7) is 6.87. The van der Waals surface area contributed by atoms with Crippen LogP contribution >= 0.6 is 0 Å². The fourth-order valence-corrected chi connectivity index (χ4v) is 1.86. The largest absolute Gasteiger partial charge is 0.332 e. The molecule has 0 bridgehead atoms. The number of nitrogens with one attached hydrogen (secondary N) is 1. The Balaban J connectivity index is 2.60. The monoisotopic (exact) mass is 291 g/mol. The SMILES string of the molecule is CC(=O)N(CCN(C)C)CC(=O)Nc1ccc(C)c(C)c1. The molecule has 1 rings (SSSR count). The lowest BCUT2D eigenvalue weighted by atomic mass is 10.1. The van der Waals surface area contributed by atoms with Crippen molar-refractivity contribution in [3.63, 3.8) is 0 Å². The molecule has 0 aliphatic rings. The molecule has 1 aromatic rings. The van der Waals surface area contributed by atoms with Crippen LogP contribution in [-0.2, 0) is 9.59 Å². The van der Waals surface area contributed by atoms with E-state index in [9.17, 15) is 9.59 Å². The zero-order valence-electron chi connectivity index (χ0n) is 13.6. The Bertz CT molecular complexity index is 512. The van der Waals surface area contributed by atoms with Gasteiger partial charge in [0.2, 0.25) is 11.8 Å². The number of carbonyl (C=O) groups is 2. The van der Waals surface area contributed by atoms with Gasteiger partial charge in [-0.15, -0.1) is 0 Å². The summed E-state index contributed by atoms with van der Waals surface area (Å²) >= 11 is 0. The summed E-state index contributed by atoms with van der Waals surface area (Å²) in [6, 6.07) is 5.78. The van der Waals surface area contributed by atoms with Crippen molar-refractivity contribution in [3.05, 3.63) is 29.3 Å². The van der Waals surface area contributed by atoms with Gasteiger partial charge < -0.3 is 15.1 Å². The number of hydrogen-bond acceptors (Lipinski definition) is 3. The lowest BCUT2D eigenvalue weighted by Crippen LogP contribution is -2.40. The molecule has 116 valence electrons. The second kappa shape index (κ2) is 7.78. The highest BCUT2D eigenvalue weighted by Crippen LogP contribution is 2.14. The highest BCUT2D eigenvalue weighted by Gasteiger charge is 2.14. The van der Waals surface area contributed by atoms with Gasteiger partial charge in [-0.3, -0.25) is 9.59 Å². The van der Waals surface area contributed by atoms with Crippen molar-refractivity contribution in [3.8, 4) is 0 Å². The molecular formula is C16H25N3O2. The van der Waals surface area contributed by atoms with E-state index in [2.05, 4.69) is 5.32 Å². The minimum atomic E-state index is -0.174.